The Labute approximate surface area is 128 Å². The van der Waals surface area contributed by atoms with E-state index in [-0.39, 0.29) is 25.0 Å². The standard InChI is InChI=1S/C15H18N4O3/c1-11(2)19(9-14(21)22)13(20)8-18-10-16-15(17-18)12-6-4-3-5-7-12/h3-7,10-11H,8-9H2,1-2H3,(H,21,22). The van der Waals surface area contributed by atoms with Crippen LogP contribution in [0.2, 0.25) is 0 Å². The number of nitrogens with zero attached hydrogens (tertiary/aromatic N) is 4. The number of amides is 1. The number of hydrogen-bond donors (Lipinski definition) is 1. The molecule has 0 aliphatic heterocycles. The summed E-state index contributed by atoms with van der Waals surface area (Å²) < 4.78 is 1.42. The molecule has 116 valence electrons. The maximum atomic E-state index is 12.2. The van der Waals surface area contributed by atoms with Crippen LogP contribution in [0.1, 0.15) is 13.8 Å². The number of rotatable bonds is 6. The van der Waals surface area contributed by atoms with Crippen molar-refractivity contribution < 1.29 is 14.7 Å². The van der Waals surface area contributed by atoms with Gasteiger partial charge < -0.3 is 10.0 Å². The lowest BCUT2D eigenvalue weighted by Gasteiger charge is -2.24. The van der Waals surface area contributed by atoms with Crippen LogP contribution < -0.4 is 0 Å². The molecule has 0 spiro atoms. The molecule has 0 saturated carbocycles. The van der Waals surface area contributed by atoms with Crippen LogP contribution >= 0.6 is 0 Å². The minimum atomic E-state index is -1.04. The van der Waals surface area contributed by atoms with Gasteiger partial charge in [0.1, 0.15) is 19.4 Å². The zero-order chi connectivity index (χ0) is 16.1. The van der Waals surface area contributed by atoms with Crippen molar-refractivity contribution in [2.75, 3.05) is 6.54 Å². The van der Waals surface area contributed by atoms with E-state index in [4.69, 9.17) is 5.11 Å². The zero-order valence-corrected chi connectivity index (χ0v) is 12.5. The van der Waals surface area contributed by atoms with Crippen LogP contribution in [0.15, 0.2) is 36.7 Å². The van der Waals surface area contributed by atoms with Gasteiger partial charge in [-0.05, 0) is 13.8 Å². The number of aromatic nitrogens is 3. The summed E-state index contributed by atoms with van der Waals surface area (Å²) in [5.74, 6) is -0.810. The van der Waals surface area contributed by atoms with Gasteiger partial charge in [0, 0.05) is 11.6 Å². The average molecular weight is 302 g/mol. The van der Waals surface area contributed by atoms with Gasteiger partial charge in [0.05, 0.1) is 0 Å². The van der Waals surface area contributed by atoms with Crippen molar-refractivity contribution in [3.05, 3.63) is 36.7 Å². The van der Waals surface area contributed by atoms with Gasteiger partial charge in [-0.1, -0.05) is 30.3 Å². The number of carbonyl (C=O) groups excluding carboxylic acids is 1. The van der Waals surface area contributed by atoms with E-state index in [9.17, 15) is 9.59 Å². The molecular formula is C15H18N4O3. The maximum absolute atomic E-state index is 12.2. The largest absolute Gasteiger partial charge is 0.480 e. The minimum absolute atomic E-state index is 0.0364. The van der Waals surface area contributed by atoms with E-state index in [1.807, 2.05) is 30.3 Å². The molecule has 0 fully saturated rings. The Morgan fingerprint density at radius 3 is 2.55 bits per heavy atom. The van der Waals surface area contributed by atoms with Crippen LogP contribution in [0.25, 0.3) is 11.4 Å². The first-order valence-electron chi connectivity index (χ1n) is 6.93. The Bertz CT molecular complexity index is 652. The summed E-state index contributed by atoms with van der Waals surface area (Å²) in [6, 6.07) is 9.23. The van der Waals surface area contributed by atoms with Gasteiger partial charge in [-0.3, -0.25) is 9.59 Å². The first-order chi connectivity index (χ1) is 10.5. The predicted molar refractivity (Wildman–Crippen MR) is 79.9 cm³/mol. The van der Waals surface area contributed by atoms with Gasteiger partial charge in [-0.25, -0.2) is 9.67 Å². The fraction of sp³-hybridized carbons (Fsp3) is 0.333. The van der Waals surface area contributed by atoms with Crippen molar-refractivity contribution in [1.29, 1.82) is 0 Å². The summed E-state index contributed by atoms with van der Waals surface area (Å²) in [5.41, 5.74) is 0.861. The van der Waals surface area contributed by atoms with Gasteiger partial charge >= 0.3 is 5.97 Å². The third kappa shape index (κ3) is 3.91. The second-order valence-electron chi connectivity index (χ2n) is 5.14. The van der Waals surface area contributed by atoms with Crippen LogP contribution in [0.5, 0.6) is 0 Å². The van der Waals surface area contributed by atoms with E-state index < -0.39 is 5.97 Å². The Morgan fingerprint density at radius 1 is 1.27 bits per heavy atom. The van der Waals surface area contributed by atoms with Crippen LogP contribution in [-0.4, -0.2) is 49.2 Å². The van der Waals surface area contributed by atoms with Crippen molar-refractivity contribution in [2.24, 2.45) is 0 Å². The quantitative estimate of drug-likeness (QED) is 0.868. The molecule has 0 unspecified atom stereocenters. The van der Waals surface area contributed by atoms with Crippen molar-refractivity contribution in [3.63, 3.8) is 0 Å². The molecular weight excluding hydrogens is 284 g/mol. The van der Waals surface area contributed by atoms with E-state index in [0.717, 1.165) is 5.56 Å². The normalized spacial score (nSPS) is 10.7. The molecule has 0 bridgehead atoms. The fourth-order valence-corrected chi connectivity index (χ4v) is 2.02. The summed E-state index contributed by atoms with van der Waals surface area (Å²) in [7, 11) is 0. The summed E-state index contributed by atoms with van der Waals surface area (Å²) >= 11 is 0. The Hall–Kier alpha value is -2.70. The van der Waals surface area contributed by atoms with E-state index >= 15 is 0 Å². The Balaban J connectivity index is 2.09. The van der Waals surface area contributed by atoms with Gasteiger partial charge in [0.15, 0.2) is 5.82 Å². The van der Waals surface area contributed by atoms with E-state index in [2.05, 4.69) is 10.1 Å². The molecule has 1 N–H and O–H groups in total. The number of hydrogen-bond acceptors (Lipinski definition) is 4. The van der Waals surface area contributed by atoms with Gasteiger partial charge in [0.25, 0.3) is 0 Å². The highest BCUT2D eigenvalue weighted by Gasteiger charge is 2.20. The minimum Gasteiger partial charge on any atom is -0.480 e. The Morgan fingerprint density at radius 2 is 1.95 bits per heavy atom. The third-order valence-corrected chi connectivity index (χ3v) is 3.12. The molecule has 2 rings (SSSR count). The summed E-state index contributed by atoms with van der Waals surface area (Å²) in [6.07, 6.45) is 1.47. The lowest BCUT2D eigenvalue weighted by molar-refractivity contribution is -0.146. The average Bonchev–Trinajstić information content (AvgIpc) is 2.93. The maximum Gasteiger partial charge on any atom is 0.323 e. The molecule has 7 nitrogen and oxygen atoms in total. The summed E-state index contributed by atoms with van der Waals surface area (Å²) in [5, 5.41) is 13.1. The molecule has 2 aromatic rings. The lowest BCUT2D eigenvalue weighted by atomic mass is 10.2. The number of carboxylic acid groups (broad SMARTS) is 1. The zero-order valence-electron chi connectivity index (χ0n) is 12.5. The second kappa shape index (κ2) is 6.84. The highest BCUT2D eigenvalue weighted by molar-refractivity contribution is 5.81. The van der Waals surface area contributed by atoms with Gasteiger partial charge in [0.2, 0.25) is 5.91 Å². The highest BCUT2D eigenvalue weighted by atomic mass is 16.4. The SMILES string of the molecule is CC(C)N(CC(=O)O)C(=O)Cn1cnc(-c2ccccc2)n1. The van der Waals surface area contributed by atoms with E-state index in [0.29, 0.717) is 5.82 Å². The van der Waals surface area contributed by atoms with E-state index in [1.165, 1.54) is 15.9 Å². The molecule has 1 amide bonds. The van der Waals surface area contributed by atoms with Crippen LogP contribution in [0, 0.1) is 0 Å². The van der Waals surface area contributed by atoms with Crippen molar-refractivity contribution >= 4 is 11.9 Å². The Kier molecular flexibility index (Phi) is 4.88. The van der Waals surface area contributed by atoms with Crippen LogP contribution in [0.4, 0.5) is 0 Å². The lowest BCUT2D eigenvalue weighted by Crippen LogP contribution is -2.42. The van der Waals surface area contributed by atoms with Crippen LogP contribution in [0.3, 0.4) is 0 Å². The highest BCUT2D eigenvalue weighted by Crippen LogP contribution is 2.12. The van der Waals surface area contributed by atoms with Crippen LogP contribution in [-0.2, 0) is 16.1 Å². The summed E-state index contributed by atoms with van der Waals surface area (Å²) in [4.78, 5) is 28.5. The fourth-order valence-electron chi connectivity index (χ4n) is 2.02. The first-order valence-corrected chi connectivity index (χ1v) is 6.93. The molecule has 0 aliphatic carbocycles. The van der Waals surface area contributed by atoms with Gasteiger partial charge in [-0.2, -0.15) is 5.10 Å². The molecule has 22 heavy (non-hydrogen) atoms. The molecule has 1 aromatic heterocycles. The topological polar surface area (TPSA) is 88.3 Å². The monoisotopic (exact) mass is 302 g/mol. The second-order valence-corrected chi connectivity index (χ2v) is 5.14. The van der Waals surface area contributed by atoms with Crippen molar-refractivity contribution in [2.45, 2.75) is 26.4 Å². The predicted octanol–water partition coefficient (Wildman–Crippen LogP) is 1.27. The van der Waals surface area contributed by atoms with E-state index in [1.54, 1.807) is 13.8 Å². The molecule has 0 aliphatic rings. The molecule has 0 radical (unpaired) electrons. The number of benzene rings is 1. The molecule has 1 aromatic carbocycles. The molecule has 0 saturated heterocycles. The number of aliphatic carboxylic acids is 1. The van der Waals surface area contributed by atoms with Gasteiger partial charge in [-0.15, -0.1) is 0 Å². The smallest absolute Gasteiger partial charge is 0.323 e. The molecule has 0 atom stereocenters. The van der Waals surface area contributed by atoms with Crippen molar-refractivity contribution in [1.82, 2.24) is 19.7 Å². The molecule has 1 heterocycles. The number of carboxylic acids is 1. The first kappa shape index (κ1) is 15.7. The molecule has 7 heteroatoms. The number of carbonyl (C=O) groups is 2. The van der Waals surface area contributed by atoms with Crippen molar-refractivity contribution in [3.8, 4) is 11.4 Å². The third-order valence-electron chi connectivity index (χ3n) is 3.12. The summed E-state index contributed by atoms with van der Waals surface area (Å²) in [6.45, 7) is 3.19.